The first-order chi connectivity index (χ1) is 10.8. The van der Waals surface area contributed by atoms with Gasteiger partial charge in [-0.25, -0.2) is 4.98 Å². The van der Waals surface area contributed by atoms with Gasteiger partial charge in [-0.1, -0.05) is 32.9 Å². The van der Waals surface area contributed by atoms with Gasteiger partial charge in [0.2, 0.25) is 5.91 Å². The Morgan fingerprint density at radius 2 is 2.00 bits per heavy atom. The standard InChI is InChI=1S/C17H23N3O2S/c1-5-20(15(21)11-23-17(2,3)4)10-14-18-13-9-7-6-8-12(13)16(22)19-14/h6-9H,5,10-11H2,1-4H3,(H,18,19,22). The van der Waals surface area contributed by atoms with Crippen molar-refractivity contribution in [2.24, 2.45) is 0 Å². The number of benzene rings is 1. The summed E-state index contributed by atoms with van der Waals surface area (Å²) in [5.41, 5.74) is 0.483. The zero-order chi connectivity index (χ0) is 17.0. The van der Waals surface area contributed by atoms with E-state index < -0.39 is 0 Å². The third-order valence-electron chi connectivity index (χ3n) is 3.37. The number of para-hydroxylation sites is 1. The Labute approximate surface area is 140 Å². The lowest BCUT2D eigenvalue weighted by molar-refractivity contribution is -0.128. The van der Waals surface area contributed by atoms with Gasteiger partial charge in [0.15, 0.2) is 0 Å². The number of H-pyrrole nitrogens is 1. The smallest absolute Gasteiger partial charge is 0.258 e. The number of nitrogens with zero attached hydrogens (tertiary/aromatic N) is 2. The highest BCUT2D eigenvalue weighted by Crippen LogP contribution is 2.23. The molecule has 1 aromatic heterocycles. The van der Waals surface area contributed by atoms with E-state index >= 15 is 0 Å². The summed E-state index contributed by atoms with van der Waals surface area (Å²) in [6.07, 6.45) is 0. The minimum atomic E-state index is -0.168. The molecule has 2 rings (SSSR count). The summed E-state index contributed by atoms with van der Waals surface area (Å²) in [5, 5.41) is 0.564. The highest BCUT2D eigenvalue weighted by molar-refractivity contribution is 8.01. The van der Waals surface area contributed by atoms with E-state index in [1.807, 2.05) is 25.1 Å². The van der Waals surface area contributed by atoms with Gasteiger partial charge >= 0.3 is 0 Å². The van der Waals surface area contributed by atoms with Gasteiger partial charge in [-0.2, -0.15) is 0 Å². The van der Waals surface area contributed by atoms with Crippen LogP contribution in [0.25, 0.3) is 10.9 Å². The molecule has 1 aromatic carbocycles. The second-order valence-electron chi connectivity index (χ2n) is 6.34. The highest BCUT2D eigenvalue weighted by Gasteiger charge is 2.18. The van der Waals surface area contributed by atoms with E-state index in [0.717, 1.165) is 0 Å². The summed E-state index contributed by atoms with van der Waals surface area (Å²) in [4.78, 5) is 33.4. The molecule has 0 spiro atoms. The lowest BCUT2D eigenvalue weighted by Gasteiger charge is -2.23. The summed E-state index contributed by atoms with van der Waals surface area (Å²) in [6, 6.07) is 7.21. The Hall–Kier alpha value is -1.82. The summed E-state index contributed by atoms with van der Waals surface area (Å²) in [7, 11) is 0. The normalized spacial score (nSPS) is 11.7. The van der Waals surface area contributed by atoms with Crippen LogP contribution >= 0.6 is 11.8 Å². The van der Waals surface area contributed by atoms with Crippen LogP contribution in [0, 0.1) is 0 Å². The Kier molecular flexibility index (Phi) is 5.46. The summed E-state index contributed by atoms with van der Waals surface area (Å²) >= 11 is 1.62. The average Bonchev–Trinajstić information content (AvgIpc) is 2.49. The van der Waals surface area contributed by atoms with Crippen molar-refractivity contribution in [2.75, 3.05) is 12.3 Å². The monoisotopic (exact) mass is 333 g/mol. The summed E-state index contributed by atoms with van der Waals surface area (Å²) in [6.45, 7) is 9.09. The van der Waals surface area contributed by atoms with Gasteiger partial charge in [-0.05, 0) is 19.1 Å². The zero-order valence-electron chi connectivity index (χ0n) is 14.0. The molecule has 1 amide bonds. The van der Waals surface area contributed by atoms with Gasteiger partial charge in [-0.15, -0.1) is 11.8 Å². The first-order valence-electron chi connectivity index (χ1n) is 7.70. The van der Waals surface area contributed by atoms with Gasteiger partial charge < -0.3 is 9.88 Å². The first kappa shape index (κ1) is 17.5. The Morgan fingerprint density at radius 1 is 1.30 bits per heavy atom. The van der Waals surface area contributed by atoms with Gasteiger partial charge in [-0.3, -0.25) is 9.59 Å². The predicted molar refractivity (Wildman–Crippen MR) is 95.7 cm³/mol. The minimum Gasteiger partial charge on any atom is -0.335 e. The molecule has 0 radical (unpaired) electrons. The molecule has 0 bridgehead atoms. The van der Waals surface area contributed by atoms with E-state index in [9.17, 15) is 9.59 Å². The van der Waals surface area contributed by atoms with Gasteiger partial charge in [0.05, 0.1) is 23.2 Å². The van der Waals surface area contributed by atoms with Gasteiger partial charge in [0.25, 0.3) is 5.56 Å². The second-order valence-corrected chi connectivity index (χ2v) is 8.14. The number of rotatable bonds is 5. The van der Waals surface area contributed by atoms with Crippen molar-refractivity contribution in [3.8, 4) is 0 Å². The lowest BCUT2D eigenvalue weighted by Crippen LogP contribution is -2.34. The third-order valence-corrected chi connectivity index (χ3v) is 4.62. The second kappa shape index (κ2) is 7.17. The van der Waals surface area contributed by atoms with Crippen LogP contribution in [0.2, 0.25) is 0 Å². The van der Waals surface area contributed by atoms with E-state index in [1.165, 1.54) is 0 Å². The summed E-state index contributed by atoms with van der Waals surface area (Å²) in [5.74, 6) is 1.00. The number of carbonyl (C=O) groups is 1. The molecule has 6 heteroatoms. The molecule has 5 nitrogen and oxygen atoms in total. The number of fused-ring (bicyclic) bond motifs is 1. The van der Waals surface area contributed by atoms with E-state index in [-0.39, 0.29) is 16.2 Å². The van der Waals surface area contributed by atoms with Gasteiger partial charge in [0, 0.05) is 11.3 Å². The molecular formula is C17H23N3O2S. The third kappa shape index (κ3) is 4.82. The zero-order valence-corrected chi connectivity index (χ0v) is 14.9. The number of aromatic amines is 1. The van der Waals surface area contributed by atoms with Crippen LogP contribution in [0.4, 0.5) is 0 Å². The molecule has 0 saturated heterocycles. The molecule has 0 aliphatic rings. The number of hydrogen-bond acceptors (Lipinski definition) is 4. The molecule has 124 valence electrons. The molecule has 2 aromatic rings. The molecule has 0 fully saturated rings. The van der Waals surface area contributed by atoms with Crippen molar-refractivity contribution in [1.82, 2.24) is 14.9 Å². The fourth-order valence-electron chi connectivity index (χ4n) is 2.14. The maximum atomic E-state index is 12.4. The number of carbonyl (C=O) groups excluding carboxylic acids is 1. The number of hydrogen-bond donors (Lipinski definition) is 1. The van der Waals surface area contributed by atoms with Crippen LogP contribution in [0.15, 0.2) is 29.1 Å². The molecule has 0 saturated carbocycles. The van der Waals surface area contributed by atoms with Crippen LogP contribution in [0.1, 0.15) is 33.5 Å². The Bertz CT molecular complexity index is 749. The quantitative estimate of drug-likeness (QED) is 0.914. The number of aromatic nitrogens is 2. The van der Waals surface area contributed by atoms with Crippen molar-refractivity contribution in [3.63, 3.8) is 0 Å². The van der Waals surface area contributed by atoms with E-state index in [0.29, 0.717) is 35.6 Å². The van der Waals surface area contributed by atoms with Crippen molar-refractivity contribution < 1.29 is 4.79 Å². The van der Waals surface area contributed by atoms with Gasteiger partial charge in [0.1, 0.15) is 5.82 Å². The summed E-state index contributed by atoms with van der Waals surface area (Å²) < 4.78 is 0.0462. The largest absolute Gasteiger partial charge is 0.335 e. The Balaban J connectivity index is 2.15. The first-order valence-corrected chi connectivity index (χ1v) is 8.68. The molecule has 0 aliphatic carbocycles. The average molecular weight is 333 g/mol. The maximum Gasteiger partial charge on any atom is 0.258 e. The molecule has 23 heavy (non-hydrogen) atoms. The SMILES string of the molecule is CCN(Cc1nc2ccccc2c(=O)[nH]1)C(=O)CSC(C)(C)C. The van der Waals surface area contributed by atoms with Crippen molar-refractivity contribution >= 4 is 28.6 Å². The van der Waals surface area contributed by atoms with Crippen LogP contribution in [-0.4, -0.2) is 37.8 Å². The van der Waals surface area contributed by atoms with Crippen LogP contribution < -0.4 is 5.56 Å². The van der Waals surface area contributed by atoms with E-state index in [2.05, 4.69) is 30.7 Å². The fraction of sp³-hybridized carbons (Fsp3) is 0.471. The molecular weight excluding hydrogens is 310 g/mol. The molecule has 1 N–H and O–H groups in total. The molecule has 1 heterocycles. The van der Waals surface area contributed by atoms with Crippen LogP contribution in [0.5, 0.6) is 0 Å². The molecule has 0 atom stereocenters. The van der Waals surface area contributed by atoms with Crippen molar-refractivity contribution in [2.45, 2.75) is 39.0 Å². The maximum absolute atomic E-state index is 12.4. The lowest BCUT2D eigenvalue weighted by atomic mass is 10.2. The highest BCUT2D eigenvalue weighted by atomic mass is 32.2. The number of amides is 1. The van der Waals surface area contributed by atoms with Crippen LogP contribution in [-0.2, 0) is 11.3 Å². The minimum absolute atomic E-state index is 0.0462. The Morgan fingerprint density at radius 3 is 2.65 bits per heavy atom. The molecule has 0 unspecified atom stereocenters. The number of nitrogens with one attached hydrogen (secondary N) is 1. The fourth-order valence-corrected chi connectivity index (χ4v) is 2.88. The van der Waals surface area contributed by atoms with Crippen molar-refractivity contribution in [3.05, 3.63) is 40.4 Å². The molecule has 0 aliphatic heterocycles. The van der Waals surface area contributed by atoms with E-state index in [1.54, 1.807) is 22.7 Å². The topological polar surface area (TPSA) is 66.1 Å². The predicted octanol–water partition coefficient (Wildman–Crippen LogP) is 2.80. The van der Waals surface area contributed by atoms with E-state index in [4.69, 9.17) is 0 Å². The number of thioether (sulfide) groups is 1. The van der Waals surface area contributed by atoms with Crippen LogP contribution in [0.3, 0.4) is 0 Å². The van der Waals surface area contributed by atoms with Crippen molar-refractivity contribution in [1.29, 1.82) is 0 Å².